The molecule has 1 atom stereocenters. The van der Waals surface area contributed by atoms with E-state index in [1.165, 1.54) is 11.0 Å². The zero-order chi connectivity index (χ0) is 15.6. The summed E-state index contributed by atoms with van der Waals surface area (Å²) in [4.78, 5) is 28.3. The summed E-state index contributed by atoms with van der Waals surface area (Å²) in [6.07, 6.45) is 2.47. The quantitative estimate of drug-likeness (QED) is 0.809. The molecule has 2 rings (SSSR count). The fraction of sp³-hybridized carbons (Fsp3) is 0.538. The number of aromatic amines is 1. The highest BCUT2D eigenvalue weighted by atomic mass is 32.2. The normalized spacial score (nSPS) is 19.5. The van der Waals surface area contributed by atoms with E-state index in [0.29, 0.717) is 25.1 Å². The van der Waals surface area contributed by atoms with Crippen LogP contribution < -0.4 is 10.3 Å². The number of piperidine rings is 1. The van der Waals surface area contributed by atoms with Gasteiger partial charge in [-0.3, -0.25) is 9.59 Å². The Morgan fingerprint density at radius 3 is 2.76 bits per heavy atom. The van der Waals surface area contributed by atoms with E-state index in [1.807, 2.05) is 0 Å². The molecule has 0 saturated carbocycles. The van der Waals surface area contributed by atoms with Crippen molar-refractivity contribution in [1.29, 1.82) is 0 Å². The van der Waals surface area contributed by atoms with Gasteiger partial charge in [-0.15, -0.1) is 0 Å². The summed E-state index contributed by atoms with van der Waals surface area (Å²) >= 11 is 0. The third-order valence-corrected chi connectivity index (χ3v) is 4.14. The number of aromatic nitrogens is 1. The molecule has 1 aliphatic heterocycles. The molecular formula is C13H19N3O4S. The molecule has 8 heteroatoms. The lowest BCUT2D eigenvalue weighted by Gasteiger charge is -2.32. The van der Waals surface area contributed by atoms with E-state index < -0.39 is 15.6 Å². The molecule has 1 unspecified atom stereocenters. The molecule has 0 bridgehead atoms. The molecule has 1 saturated heterocycles. The lowest BCUT2D eigenvalue weighted by molar-refractivity contribution is 0.0701. The first-order valence-electron chi connectivity index (χ1n) is 6.73. The van der Waals surface area contributed by atoms with Crippen LogP contribution in [0.2, 0.25) is 0 Å². The van der Waals surface area contributed by atoms with Gasteiger partial charge in [0, 0.05) is 24.8 Å². The van der Waals surface area contributed by atoms with Crippen LogP contribution >= 0.6 is 0 Å². The van der Waals surface area contributed by atoms with Gasteiger partial charge in [0.2, 0.25) is 10.0 Å². The Balaban J connectivity index is 2.14. The third kappa shape index (κ3) is 4.15. The van der Waals surface area contributed by atoms with Gasteiger partial charge >= 0.3 is 0 Å². The van der Waals surface area contributed by atoms with Crippen molar-refractivity contribution >= 4 is 15.9 Å². The van der Waals surface area contributed by atoms with Gasteiger partial charge in [-0.25, -0.2) is 13.1 Å². The molecule has 1 fully saturated rings. The number of carbonyl (C=O) groups excluding carboxylic acids is 1. The lowest BCUT2D eigenvalue weighted by atomic mass is 10.1. The molecule has 0 radical (unpaired) electrons. The fourth-order valence-electron chi connectivity index (χ4n) is 2.47. The number of sulfonamides is 1. The zero-order valence-corrected chi connectivity index (χ0v) is 12.9. The monoisotopic (exact) mass is 313 g/mol. The fourth-order valence-corrected chi connectivity index (χ4v) is 3.27. The van der Waals surface area contributed by atoms with E-state index in [9.17, 15) is 18.0 Å². The van der Waals surface area contributed by atoms with Gasteiger partial charge in [0.25, 0.3) is 11.5 Å². The molecule has 116 valence electrons. The van der Waals surface area contributed by atoms with Crippen molar-refractivity contribution in [3.8, 4) is 0 Å². The number of nitrogens with zero attached hydrogens (tertiary/aromatic N) is 1. The summed E-state index contributed by atoms with van der Waals surface area (Å²) < 4.78 is 25.0. The maximum absolute atomic E-state index is 12.4. The Morgan fingerprint density at radius 1 is 1.43 bits per heavy atom. The van der Waals surface area contributed by atoms with Gasteiger partial charge in [0.15, 0.2) is 0 Å². The van der Waals surface area contributed by atoms with Gasteiger partial charge in [-0.2, -0.15) is 0 Å². The minimum Gasteiger partial charge on any atom is -0.337 e. The van der Waals surface area contributed by atoms with E-state index in [4.69, 9.17) is 0 Å². The van der Waals surface area contributed by atoms with Gasteiger partial charge in [0.1, 0.15) is 5.56 Å². The smallest absolute Gasteiger partial charge is 0.260 e. The van der Waals surface area contributed by atoms with Crippen molar-refractivity contribution in [2.45, 2.75) is 25.8 Å². The molecule has 21 heavy (non-hydrogen) atoms. The van der Waals surface area contributed by atoms with Crippen LogP contribution in [-0.2, 0) is 10.0 Å². The Labute approximate surface area is 123 Å². The van der Waals surface area contributed by atoms with Crippen LogP contribution in [0.15, 0.2) is 16.9 Å². The Bertz CT molecular complexity index is 696. The maximum atomic E-state index is 12.4. The van der Waals surface area contributed by atoms with Crippen LogP contribution in [0.1, 0.15) is 28.9 Å². The molecule has 0 spiro atoms. The van der Waals surface area contributed by atoms with Crippen molar-refractivity contribution < 1.29 is 13.2 Å². The summed E-state index contributed by atoms with van der Waals surface area (Å²) in [5, 5.41) is 0. The predicted molar refractivity (Wildman–Crippen MR) is 78.7 cm³/mol. The van der Waals surface area contributed by atoms with E-state index in [0.717, 1.165) is 6.26 Å². The topological polar surface area (TPSA) is 99.3 Å². The van der Waals surface area contributed by atoms with Crippen LogP contribution in [0.5, 0.6) is 0 Å². The molecule has 7 nitrogen and oxygen atoms in total. The van der Waals surface area contributed by atoms with Gasteiger partial charge < -0.3 is 9.88 Å². The maximum Gasteiger partial charge on any atom is 0.260 e. The summed E-state index contributed by atoms with van der Waals surface area (Å²) in [6.45, 7) is 2.54. The third-order valence-electron chi connectivity index (χ3n) is 3.38. The van der Waals surface area contributed by atoms with Crippen LogP contribution in [0.3, 0.4) is 0 Å². The number of pyridine rings is 1. The minimum absolute atomic E-state index is 0.0839. The number of likely N-dealkylation sites (tertiary alicyclic amines) is 1. The summed E-state index contributed by atoms with van der Waals surface area (Å²) in [5.41, 5.74) is 0.352. The van der Waals surface area contributed by atoms with Crippen molar-refractivity contribution in [2.75, 3.05) is 19.3 Å². The van der Waals surface area contributed by atoms with Crippen LogP contribution in [-0.4, -0.2) is 49.6 Å². The second-order valence-electron chi connectivity index (χ2n) is 5.36. The second-order valence-corrected chi connectivity index (χ2v) is 7.14. The molecule has 1 amide bonds. The Morgan fingerprint density at radius 2 is 2.14 bits per heavy atom. The standard InChI is InChI=1S/C13H19N3O4S/c1-9-5-6-11(12(17)14-9)13(18)16-7-3-4-10(8-16)15-21(2,19)20/h5-6,10,15H,3-4,7-8H2,1-2H3,(H,14,17). The van der Waals surface area contributed by atoms with Gasteiger partial charge in [-0.05, 0) is 31.9 Å². The predicted octanol–water partition coefficient (Wildman–Crippen LogP) is -0.163. The number of rotatable bonds is 3. The van der Waals surface area contributed by atoms with Crippen LogP contribution in [0.25, 0.3) is 0 Å². The number of carbonyl (C=O) groups is 1. The lowest BCUT2D eigenvalue weighted by Crippen LogP contribution is -2.50. The highest BCUT2D eigenvalue weighted by molar-refractivity contribution is 7.88. The summed E-state index contributed by atoms with van der Waals surface area (Å²) in [7, 11) is -3.31. The van der Waals surface area contributed by atoms with E-state index >= 15 is 0 Å². The molecule has 1 aromatic heterocycles. The number of hydrogen-bond donors (Lipinski definition) is 2. The first-order chi connectivity index (χ1) is 9.76. The number of hydrogen-bond acceptors (Lipinski definition) is 4. The molecule has 0 aromatic carbocycles. The molecule has 2 N–H and O–H groups in total. The zero-order valence-electron chi connectivity index (χ0n) is 12.0. The minimum atomic E-state index is -3.31. The number of H-pyrrole nitrogens is 1. The average Bonchev–Trinajstić information content (AvgIpc) is 2.36. The molecular weight excluding hydrogens is 294 g/mol. The largest absolute Gasteiger partial charge is 0.337 e. The highest BCUT2D eigenvalue weighted by Crippen LogP contribution is 2.13. The summed E-state index contributed by atoms with van der Waals surface area (Å²) in [5.74, 6) is -0.365. The molecule has 1 aliphatic rings. The first kappa shape index (κ1) is 15.7. The number of aryl methyl sites for hydroxylation is 1. The van der Waals surface area contributed by atoms with Gasteiger partial charge in [-0.1, -0.05) is 0 Å². The van der Waals surface area contributed by atoms with E-state index in [-0.39, 0.29) is 24.1 Å². The van der Waals surface area contributed by atoms with Crippen molar-refractivity contribution in [3.05, 3.63) is 33.7 Å². The second kappa shape index (κ2) is 5.98. The van der Waals surface area contributed by atoms with E-state index in [1.54, 1.807) is 13.0 Å². The summed E-state index contributed by atoms with van der Waals surface area (Å²) in [6, 6.07) is 2.87. The molecule has 2 heterocycles. The van der Waals surface area contributed by atoms with Crippen molar-refractivity contribution in [1.82, 2.24) is 14.6 Å². The van der Waals surface area contributed by atoms with Gasteiger partial charge in [0.05, 0.1) is 6.26 Å². The number of nitrogens with one attached hydrogen (secondary N) is 2. The first-order valence-corrected chi connectivity index (χ1v) is 8.62. The van der Waals surface area contributed by atoms with Crippen LogP contribution in [0, 0.1) is 6.92 Å². The molecule has 1 aromatic rings. The number of amides is 1. The Kier molecular flexibility index (Phi) is 4.48. The van der Waals surface area contributed by atoms with Crippen molar-refractivity contribution in [3.63, 3.8) is 0 Å². The molecule has 0 aliphatic carbocycles. The van der Waals surface area contributed by atoms with Crippen LogP contribution in [0.4, 0.5) is 0 Å². The van der Waals surface area contributed by atoms with Crippen molar-refractivity contribution in [2.24, 2.45) is 0 Å². The van der Waals surface area contributed by atoms with E-state index in [2.05, 4.69) is 9.71 Å². The Hall–Kier alpha value is -1.67. The highest BCUT2D eigenvalue weighted by Gasteiger charge is 2.27. The average molecular weight is 313 g/mol. The SMILES string of the molecule is Cc1ccc(C(=O)N2CCCC(NS(C)(=O)=O)C2)c(=O)[nH]1.